The van der Waals surface area contributed by atoms with Gasteiger partial charge in [-0.05, 0) is 37.6 Å². The van der Waals surface area contributed by atoms with Crippen molar-refractivity contribution in [3.8, 4) is 11.4 Å². The summed E-state index contributed by atoms with van der Waals surface area (Å²) in [6, 6.07) is 11.6. The molecule has 0 saturated heterocycles. The van der Waals surface area contributed by atoms with Crippen LogP contribution in [-0.2, 0) is 37.8 Å². The van der Waals surface area contributed by atoms with Crippen LogP contribution in [0.1, 0.15) is 49.8 Å². The van der Waals surface area contributed by atoms with Crippen LogP contribution in [0.5, 0.6) is 0 Å². The SMILES string of the molecule is CCCCNCC(=O)O[C@]1(CC)C(=O)OCc2c1cc1n(c2=O)Cc2cc3ccccc3nc2-1. The smallest absolute Gasteiger partial charge is 0.355 e. The molecule has 0 amide bonds. The molecule has 0 fully saturated rings. The van der Waals surface area contributed by atoms with Gasteiger partial charge in [0.1, 0.15) is 6.61 Å². The number of cyclic esters (lactones) is 1. The molecule has 1 N–H and O–H groups in total. The number of nitrogens with one attached hydrogen (secondary N) is 1. The second-order valence-corrected chi connectivity index (χ2v) is 8.76. The van der Waals surface area contributed by atoms with Crippen LogP contribution in [0, 0.1) is 0 Å². The molecule has 0 bridgehead atoms. The number of unbranched alkanes of at least 4 members (excludes halogenated alkanes) is 1. The number of esters is 2. The van der Waals surface area contributed by atoms with Crippen LogP contribution in [0.4, 0.5) is 0 Å². The molecule has 0 radical (unpaired) electrons. The Morgan fingerprint density at radius 3 is 2.85 bits per heavy atom. The lowest BCUT2D eigenvalue weighted by atomic mass is 9.85. The summed E-state index contributed by atoms with van der Waals surface area (Å²) in [6.45, 7) is 4.71. The van der Waals surface area contributed by atoms with E-state index in [2.05, 4.69) is 12.2 Å². The average Bonchev–Trinajstić information content (AvgIpc) is 3.20. The number of pyridine rings is 2. The van der Waals surface area contributed by atoms with Crippen LogP contribution in [0.15, 0.2) is 41.2 Å². The van der Waals surface area contributed by atoms with Gasteiger partial charge in [-0.2, -0.15) is 0 Å². The lowest BCUT2D eigenvalue weighted by molar-refractivity contribution is -0.189. The summed E-state index contributed by atoms with van der Waals surface area (Å²) in [5.41, 5.74) is 1.91. The number of carbonyl (C=O) groups excluding carboxylic acids is 2. The predicted octanol–water partition coefficient (Wildman–Crippen LogP) is 3.02. The summed E-state index contributed by atoms with van der Waals surface area (Å²) in [5, 5.41) is 4.03. The molecular weight excluding hydrogens is 434 g/mol. The van der Waals surface area contributed by atoms with Crippen molar-refractivity contribution in [2.75, 3.05) is 13.1 Å². The summed E-state index contributed by atoms with van der Waals surface area (Å²) in [5.74, 6) is -1.22. The van der Waals surface area contributed by atoms with E-state index < -0.39 is 17.5 Å². The summed E-state index contributed by atoms with van der Waals surface area (Å²) in [7, 11) is 0. The maximum absolute atomic E-state index is 13.5. The van der Waals surface area contributed by atoms with Crippen molar-refractivity contribution in [1.82, 2.24) is 14.9 Å². The molecule has 8 nitrogen and oxygen atoms in total. The predicted molar refractivity (Wildman–Crippen MR) is 126 cm³/mol. The van der Waals surface area contributed by atoms with Crippen molar-refractivity contribution in [2.45, 2.75) is 51.9 Å². The first-order chi connectivity index (χ1) is 16.5. The van der Waals surface area contributed by atoms with E-state index in [0.717, 1.165) is 29.3 Å². The molecule has 0 spiro atoms. The molecule has 176 valence electrons. The third-order valence-corrected chi connectivity index (χ3v) is 6.65. The van der Waals surface area contributed by atoms with E-state index in [1.165, 1.54) is 0 Å². The molecule has 3 aromatic rings. The summed E-state index contributed by atoms with van der Waals surface area (Å²) < 4.78 is 12.8. The van der Waals surface area contributed by atoms with E-state index in [9.17, 15) is 14.4 Å². The van der Waals surface area contributed by atoms with Gasteiger partial charge in [-0.25, -0.2) is 9.78 Å². The topological polar surface area (TPSA) is 99.5 Å². The van der Waals surface area contributed by atoms with Gasteiger partial charge in [-0.15, -0.1) is 0 Å². The molecule has 2 aliphatic rings. The molecule has 0 unspecified atom stereocenters. The van der Waals surface area contributed by atoms with Crippen molar-refractivity contribution in [3.63, 3.8) is 0 Å². The van der Waals surface area contributed by atoms with Gasteiger partial charge in [-0.1, -0.05) is 38.5 Å². The number of aromatic nitrogens is 2. The van der Waals surface area contributed by atoms with Crippen molar-refractivity contribution >= 4 is 22.8 Å². The largest absolute Gasteiger partial charge is 0.457 e. The van der Waals surface area contributed by atoms with Gasteiger partial charge >= 0.3 is 11.9 Å². The number of nitrogens with zero attached hydrogens (tertiary/aromatic N) is 2. The van der Waals surface area contributed by atoms with Crippen LogP contribution in [0.3, 0.4) is 0 Å². The maximum atomic E-state index is 13.5. The summed E-state index contributed by atoms with van der Waals surface area (Å²) in [4.78, 5) is 44.0. The fourth-order valence-electron chi connectivity index (χ4n) is 4.81. The molecule has 1 aromatic carbocycles. The third-order valence-electron chi connectivity index (χ3n) is 6.65. The van der Waals surface area contributed by atoms with Gasteiger partial charge in [0.15, 0.2) is 0 Å². The first-order valence-electron chi connectivity index (χ1n) is 11.7. The molecule has 0 aliphatic carbocycles. The van der Waals surface area contributed by atoms with Crippen molar-refractivity contribution in [3.05, 3.63) is 63.4 Å². The Morgan fingerprint density at radius 1 is 1.24 bits per heavy atom. The lowest BCUT2D eigenvalue weighted by Crippen LogP contribution is -2.48. The van der Waals surface area contributed by atoms with Gasteiger partial charge < -0.3 is 19.4 Å². The van der Waals surface area contributed by atoms with Crippen molar-refractivity contribution in [2.24, 2.45) is 0 Å². The average molecular weight is 462 g/mol. The molecular formula is C26H27N3O5. The van der Waals surface area contributed by atoms with Gasteiger partial charge in [0.05, 0.1) is 35.6 Å². The van der Waals surface area contributed by atoms with Crippen LogP contribution < -0.4 is 10.9 Å². The number of hydrogen-bond donors (Lipinski definition) is 1. The highest BCUT2D eigenvalue weighted by molar-refractivity contribution is 5.88. The minimum atomic E-state index is -1.66. The molecule has 8 heteroatoms. The van der Waals surface area contributed by atoms with Gasteiger partial charge in [-0.3, -0.25) is 9.59 Å². The number of benzene rings is 1. The Kier molecular flexibility index (Phi) is 5.69. The van der Waals surface area contributed by atoms with Crippen molar-refractivity contribution in [1.29, 1.82) is 0 Å². The lowest BCUT2D eigenvalue weighted by Gasteiger charge is -2.35. The standard InChI is InChI=1S/C26H27N3O5/c1-3-5-10-27-13-22(30)34-26(4-2)19-12-21-23-17(11-16-8-6-7-9-20(16)28-23)14-29(21)24(31)18(19)15-33-25(26)32/h6-9,11-12,27H,3-5,10,13-15H2,1-2H3/t26-/m0/s1. The zero-order valence-corrected chi connectivity index (χ0v) is 19.3. The zero-order valence-electron chi connectivity index (χ0n) is 19.3. The van der Waals surface area contributed by atoms with E-state index in [-0.39, 0.29) is 25.1 Å². The Morgan fingerprint density at radius 2 is 2.06 bits per heavy atom. The van der Waals surface area contributed by atoms with E-state index in [1.54, 1.807) is 17.6 Å². The molecule has 5 rings (SSSR count). The normalized spacial score (nSPS) is 18.2. The molecule has 2 aromatic heterocycles. The van der Waals surface area contributed by atoms with E-state index in [1.807, 2.05) is 30.3 Å². The first-order valence-corrected chi connectivity index (χ1v) is 11.7. The Hall–Kier alpha value is -3.52. The second kappa shape index (κ2) is 8.68. The van der Waals surface area contributed by atoms with Gasteiger partial charge in [0, 0.05) is 16.5 Å². The van der Waals surface area contributed by atoms with E-state index in [0.29, 0.717) is 35.6 Å². The highest BCUT2D eigenvalue weighted by Gasteiger charge is 2.50. The Balaban J connectivity index is 1.59. The fourth-order valence-corrected chi connectivity index (χ4v) is 4.81. The fraction of sp³-hybridized carbons (Fsp3) is 0.385. The molecule has 2 aliphatic heterocycles. The van der Waals surface area contributed by atoms with Crippen molar-refractivity contribution < 1.29 is 19.1 Å². The molecule has 1 atom stereocenters. The van der Waals surface area contributed by atoms with E-state index in [4.69, 9.17) is 14.5 Å². The summed E-state index contributed by atoms with van der Waals surface area (Å²) >= 11 is 0. The number of carbonyl (C=O) groups is 2. The highest BCUT2D eigenvalue weighted by Crippen LogP contribution is 2.40. The quantitative estimate of drug-likeness (QED) is 0.334. The summed E-state index contributed by atoms with van der Waals surface area (Å²) in [6.07, 6.45) is 2.09. The number of fused-ring (bicyclic) bond motifs is 5. The highest BCUT2D eigenvalue weighted by atomic mass is 16.6. The number of hydrogen-bond acceptors (Lipinski definition) is 7. The van der Waals surface area contributed by atoms with Crippen LogP contribution in [-0.4, -0.2) is 34.6 Å². The van der Waals surface area contributed by atoms with E-state index >= 15 is 0 Å². The third kappa shape index (κ3) is 3.49. The molecule has 34 heavy (non-hydrogen) atoms. The van der Waals surface area contributed by atoms with Crippen LogP contribution in [0.2, 0.25) is 0 Å². The van der Waals surface area contributed by atoms with Gasteiger partial charge in [0.2, 0.25) is 5.60 Å². The second-order valence-electron chi connectivity index (χ2n) is 8.76. The number of para-hydroxylation sites is 1. The van der Waals surface area contributed by atoms with Crippen LogP contribution >= 0.6 is 0 Å². The zero-order chi connectivity index (χ0) is 23.9. The monoisotopic (exact) mass is 461 g/mol. The molecule has 0 saturated carbocycles. The number of rotatable bonds is 7. The first kappa shape index (κ1) is 22.3. The van der Waals surface area contributed by atoms with Crippen LogP contribution in [0.25, 0.3) is 22.3 Å². The minimum Gasteiger partial charge on any atom is -0.457 e. The molecule has 4 heterocycles. The Labute approximate surface area is 196 Å². The van der Waals surface area contributed by atoms with Gasteiger partial charge in [0.25, 0.3) is 5.56 Å². The Bertz CT molecular complexity index is 1360. The minimum absolute atomic E-state index is 0.0232. The maximum Gasteiger partial charge on any atom is 0.355 e. The number of ether oxygens (including phenoxy) is 2.